The van der Waals surface area contributed by atoms with E-state index in [-0.39, 0.29) is 11.3 Å². The lowest BCUT2D eigenvalue weighted by molar-refractivity contribution is -0.119. The number of aromatic nitrogens is 1. The summed E-state index contributed by atoms with van der Waals surface area (Å²) in [5.41, 5.74) is 6.24. The van der Waals surface area contributed by atoms with Crippen LogP contribution >= 0.6 is 11.6 Å². The molecule has 1 aromatic heterocycles. The number of carbonyl (C=O) groups excluding carboxylic acids is 2. The second-order valence-electron chi connectivity index (χ2n) is 11.8. The van der Waals surface area contributed by atoms with Crippen LogP contribution in [-0.4, -0.2) is 30.6 Å². The molecule has 0 bridgehead atoms. The second-order valence-corrected chi connectivity index (χ2v) is 12.2. The maximum absolute atomic E-state index is 13.8. The van der Waals surface area contributed by atoms with Gasteiger partial charge in [-0.1, -0.05) is 68.8 Å². The number of carbonyl (C=O) groups is 2. The van der Waals surface area contributed by atoms with E-state index >= 15 is 0 Å². The fourth-order valence-electron chi connectivity index (χ4n) is 5.40. The summed E-state index contributed by atoms with van der Waals surface area (Å²) in [5, 5.41) is 4.06. The summed E-state index contributed by atoms with van der Waals surface area (Å²) < 4.78 is 11.0. The number of pyridine rings is 1. The highest BCUT2D eigenvalue weighted by molar-refractivity contribution is 6.31. The first-order valence-corrected chi connectivity index (χ1v) is 14.4. The van der Waals surface area contributed by atoms with E-state index in [1.807, 2.05) is 55.5 Å². The highest BCUT2D eigenvalue weighted by Gasteiger charge is 2.35. The first-order chi connectivity index (χ1) is 20.0. The fourth-order valence-corrected chi connectivity index (χ4v) is 5.58. The highest BCUT2D eigenvalue weighted by atomic mass is 35.5. The zero-order valence-electron chi connectivity index (χ0n) is 24.6. The molecular formula is C35H35ClN2O4. The van der Waals surface area contributed by atoms with Crippen LogP contribution in [0.2, 0.25) is 5.02 Å². The number of nitrogens with one attached hydrogen (secondary N) is 1. The van der Waals surface area contributed by atoms with Gasteiger partial charge in [0.05, 0.1) is 23.9 Å². The van der Waals surface area contributed by atoms with Crippen LogP contribution in [0.25, 0.3) is 22.6 Å². The number of halogens is 1. The SMILES string of the molecule is COc1ccc(C=C2CC(C(C)(C)C)Cc3c2nc2ccccc2c3C(=O)OCC(=O)Nc2cccc(Cl)c2C)cc1. The molecule has 1 atom stereocenters. The molecule has 0 spiro atoms. The van der Waals surface area contributed by atoms with E-state index in [2.05, 4.69) is 32.2 Å². The van der Waals surface area contributed by atoms with E-state index in [0.29, 0.717) is 33.6 Å². The summed E-state index contributed by atoms with van der Waals surface area (Å²) in [7, 11) is 1.65. The van der Waals surface area contributed by atoms with E-state index in [1.165, 1.54) is 0 Å². The highest BCUT2D eigenvalue weighted by Crippen LogP contribution is 2.45. The van der Waals surface area contributed by atoms with Gasteiger partial charge in [0.1, 0.15) is 5.75 Å². The number of hydrogen-bond donors (Lipinski definition) is 1. The maximum Gasteiger partial charge on any atom is 0.339 e. The Bertz CT molecular complexity index is 1690. The standard InChI is InChI=1S/C35H35ClN2O4/c1-21-28(36)10-8-12-29(21)37-31(39)20-42-34(40)32-26-9-6-7-11-30(26)38-33-23(17-22-13-15-25(41-5)16-14-22)18-24(19-27(32)33)35(2,3)4/h6-17,24H,18-20H2,1-5H3,(H,37,39). The molecular weight excluding hydrogens is 548 g/mol. The molecule has 1 aliphatic rings. The predicted octanol–water partition coefficient (Wildman–Crippen LogP) is 8.15. The minimum absolute atomic E-state index is 0.0157. The molecule has 0 fully saturated rings. The van der Waals surface area contributed by atoms with Gasteiger partial charge in [0.15, 0.2) is 6.61 Å². The van der Waals surface area contributed by atoms with E-state index < -0.39 is 18.5 Å². The molecule has 7 heteroatoms. The third-order valence-electron chi connectivity index (χ3n) is 7.98. The molecule has 1 aliphatic carbocycles. The van der Waals surface area contributed by atoms with E-state index in [4.69, 9.17) is 26.1 Å². The van der Waals surface area contributed by atoms with Crippen molar-refractivity contribution in [3.05, 3.63) is 99.7 Å². The molecule has 5 rings (SSSR count). The van der Waals surface area contributed by atoms with Crippen LogP contribution in [0.4, 0.5) is 5.69 Å². The number of amides is 1. The number of para-hydroxylation sites is 1. The summed E-state index contributed by atoms with van der Waals surface area (Å²) in [6.07, 6.45) is 3.65. The van der Waals surface area contributed by atoms with Gasteiger partial charge in [-0.05, 0) is 89.8 Å². The average molecular weight is 583 g/mol. The molecule has 0 saturated heterocycles. The number of benzene rings is 3. The smallest absolute Gasteiger partial charge is 0.339 e. The van der Waals surface area contributed by atoms with Gasteiger partial charge in [-0.15, -0.1) is 0 Å². The number of nitrogens with zero attached hydrogens (tertiary/aromatic N) is 1. The Labute approximate surface area is 251 Å². The Hall–Kier alpha value is -4.16. The summed E-state index contributed by atoms with van der Waals surface area (Å²) in [6, 6.07) is 20.8. The number of hydrogen-bond acceptors (Lipinski definition) is 5. The average Bonchev–Trinajstić information content (AvgIpc) is 2.97. The van der Waals surface area contributed by atoms with Crippen LogP contribution in [0.1, 0.15) is 59.9 Å². The van der Waals surface area contributed by atoms with Crippen molar-refractivity contribution in [3.8, 4) is 5.75 Å². The van der Waals surface area contributed by atoms with E-state index in [0.717, 1.165) is 40.1 Å². The van der Waals surface area contributed by atoms with E-state index in [1.54, 1.807) is 25.3 Å². The molecule has 1 heterocycles. The molecule has 1 amide bonds. The molecule has 1 N–H and O–H groups in total. The van der Waals surface area contributed by atoms with Crippen molar-refractivity contribution < 1.29 is 19.1 Å². The molecule has 0 aliphatic heterocycles. The van der Waals surface area contributed by atoms with Crippen molar-refractivity contribution in [2.24, 2.45) is 11.3 Å². The van der Waals surface area contributed by atoms with Crippen molar-refractivity contribution >= 4 is 51.7 Å². The molecule has 3 aromatic carbocycles. The Morgan fingerprint density at radius 3 is 2.48 bits per heavy atom. The predicted molar refractivity (Wildman–Crippen MR) is 169 cm³/mol. The second kappa shape index (κ2) is 12.0. The van der Waals surface area contributed by atoms with Crippen molar-refractivity contribution in [2.75, 3.05) is 19.0 Å². The molecule has 1 unspecified atom stereocenters. The molecule has 4 aromatic rings. The number of allylic oxidation sites excluding steroid dienone is 1. The Morgan fingerprint density at radius 1 is 1.02 bits per heavy atom. The minimum Gasteiger partial charge on any atom is -0.497 e. The number of esters is 1. The van der Waals surface area contributed by atoms with E-state index in [9.17, 15) is 9.59 Å². The summed E-state index contributed by atoms with van der Waals surface area (Å²) in [6.45, 7) is 8.07. The first-order valence-electron chi connectivity index (χ1n) is 14.0. The van der Waals surface area contributed by atoms with Gasteiger partial charge in [0.2, 0.25) is 0 Å². The lowest BCUT2D eigenvalue weighted by Crippen LogP contribution is -2.29. The summed E-state index contributed by atoms with van der Waals surface area (Å²) in [5.74, 6) is 0.0744. The maximum atomic E-state index is 13.8. The molecule has 42 heavy (non-hydrogen) atoms. The minimum atomic E-state index is -0.541. The van der Waals surface area contributed by atoms with Gasteiger partial charge in [-0.25, -0.2) is 9.78 Å². The number of methoxy groups -OCH3 is 1. The Balaban J connectivity index is 1.53. The zero-order valence-corrected chi connectivity index (χ0v) is 25.3. The quantitative estimate of drug-likeness (QED) is 0.232. The van der Waals surface area contributed by atoms with Gasteiger partial charge >= 0.3 is 5.97 Å². The van der Waals surface area contributed by atoms with Crippen molar-refractivity contribution in [1.82, 2.24) is 4.98 Å². The molecule has 0 saturated carbocycles. The number of ether oxygens (including phenoxy) is 2. The number of anilines is 1. The fraction of sp³-hybridized carbons (Fsp3) is 0.286. The number of fused-ring (bicyclic) bond motifs is 2. The van der Waals surface area contributed by atoms with Gasteiger partial charge in [0, 0.05) is 16.1 Å². The van der Waals surface area contributed by atoms with Gasteiger partial charge in [0.25, 0.3) is 5.91 Å². The number of rotatable bonds is 6. The summed E-state index contributed by atoms with van der Waals surface area (Å²) >= 11 is 6.20. The third-order valence-corrected chi connectivity index (χ3v) is 8.39. The van der Waals surface area contributed by atoms with Gasteiger partial charge < -0.3 is 14.8 Å². The third kappa shape index (κ3) is 6.19. The van der Waals surface area contributed by atoms with Crippen molar-refractivity contribution in [2.45, 2.75) is 40.5 Å². The first kappa shape index (κ1) is 29.3. The van der Waals surface area contributed by atoms with Crippen LogP contribution in [-0.2, 0) is 16.0 Å². The monoisotopic (exact) mass is 582 g/mol. The van der Waals surface area contributed by atoms with Crippen LogP contribution in [0.5, 0.6) is 5.75 Å². The Morgan fingerprint density at radius 2 is 1.76 bits per heavy atom. The van der Waals surface area contributed by atoms with Crippen molar-refractivity contribution in [1.29, 1.82) is 0 Å². The lowest BCUT2D eigenvalue weighted by atomic mass is 9.69. The molecule has 0 radical (unpaired) electrons. The Kier molecular flexibility index (Phi) is 8.37. The van der Waals surface area contributed by atoms with Crippen molar-refractivity contribution in [3.63, 3.8) is 0 Å². The van der Waals surface area contributed by atoms with Crippen LogP contribution in [0.3, 0.4) is 0 Å². The van der Waals surface area contributed by atoms with Gasteiger partial charge in [-0.2, -0.15) is 0 Å². The lowest BCUT2D eigenvalue weighted by Gasteiger charge is -2.36. The summed E-state index contributed by atoms with van der Waals surface area (Å²) in [4.78, 5) is 31.7. The van der Waals surface area contributed by atoms with Crippen LogP contribution in [0, 0.1) is 18.3 Å². The van der Waals surface area contributed by atoms with Gasteiger partial charge in [-0.3, -0.25) is 4.79 Å². The van der Waals surface area contributed by atoms with Crippen LogP contribution in [0.15, 0.2) is 66.7 Å². The molecule has 6 nitrogen and oxygen atoms in total. The van der Waals surface area contributed by atoms with Crippen LogP contribution < -0.4 is 10.1 Å². The molecule has 216 valence electrons. The topological polar surface area (TPSA) is 77.5 Å². The normalized spacial score (nSPS) is 15.8. The zero-order chi connectivity index (χ0) is 30.0. The largest absolute Gasteiger partial charge is 0.497 e.